The average molecular weight is 347 g/mol. The molecule has 0 spiro atoms. The second-order valence-electron chi connectivity index (χ2n) is 5.37. The van der Waals surface area contributed by atoms with Crippen LogP contribution in [0.2, 0.25) is 5.02 Å². The van der Waals surface area contributed by atoms with Crippen molar-refractivity contribution in [3.63, 3.8) is 0 Å². The van der Waals surface area contributed by atoms with Crippen molar-refractivity contribution in [3.8, 4) is 5.75 Å². The number of halogens is 1. The van der Waals surface area contributed by atoms with Crippen molar-refractivity contribution in [3.05, 3.63) is 58.1 Å². The standard InChI is InChI=1S/C18H19ClN2O3/c1-11-4-5-13(8-12(11)2)18(23)20-10-17(22)21-15-9-14(19)6-7-16(15)24-3/h4-9H,10H2,1-3H3,(H,20,23)(H,21,22). The van der Waals surface area contributed by atoms with Crippen molar-refractivity contribution in [2.24, 2.45) is 0 Å². The van der Waals surface area contributed by atoms with E-state index < -0.39 is 0 Å². The molecule has 0 heterocycles. The topological polar surface area (TPSA) is 67.4 Å². The lowest BCUT2D eigenvalue weighted by molar-refractivity contribution is -0.115. The fourth-order valence-electron chi connectivity index (χ4n) is 2.12. The molecule has 2 amide bonds. The molecule has 2 rings (SSSR count). The van der Waals surface area contributed by atoms with Gasteiger partial charge in [0.05, 0.1) is 19.3 Å². The molecule has 0 aliphatic rings. The molecule has 0 aliphatic heterocycles. The lowest BCUT2D eigenvalue weighted by atomic mass is 10.1. The van der Waals surface area contributed by atoms with Crippen molar-refractivity contribution in [1.29, 1.82) is 0 Å². The lowest BCUT2D eigenvalue weighted by Gasteiger charge is -2.11. The van der Waals surface area contributed by atoms with Crippen LogP contribution in [0.4, 0.5) is 5.69 Å². The summed E-state index contributed by atoms with van der Waals surface area (Å²) in [6, 6.07) is 10.3. The predicted octanol–water partition coefficient (Wildman–Crippen LogP) is 3.33. The van der Waals surface area contributed by atoms with Gasteiger partial charge in [-0.25, -0.2) is 0 Å². The highest BCUT2D eigenvalue weighted by molar-refractivity contribution is 6.31. The molecule has 2 aromatic carbocycles. The highest BCUT2D eigenvalue weighted by Gasteiger charge is 2.11. The van der Waals surface area contributed by atoms with Gasteiger partial charge in [-0.2, -0.15) is 0 Å². The van der Waals surface area contributed by atoms with Gasteiger partial charge in [0.15, 0.2) is 0 Å². The maximum atomic E-state index is 12.1. The monoisotopic (exact) mass is 346 g/mol. The zero-order valence-corrected chi connectivity index (χ0v) is 14.5. The summed E-state index contributed by atoms with van der Waals surface area (Å²) in [6.07, 6.45) is 0. The molecule has 0 aromatic heterocycles. The SMILES string of the molecule is COc1ccc(Cl)cc1NC(=O)CNC(=O)c1ccc(C)c(C)c1. The number of rotatable bonds is 5. The first kappa shape index (κ1) is 17.8. The first-order valence-electron chi connectivity index (χ1n) is 7.39. The smallest absolute Gasteiger partial charge is 0.251 e. The zero-order chi connectivity index (χ0) is 17.7. The summed E-state index contributed by atoms with van der Waals surface area (Å²) < 4.78 is 5.16. The van der Waals surface area contributed by atoms with Crippen LogP contribution in [0.5, 0.6) is 5.75 Å². The average Bonchev–Trinajstić information content (AvgIpc) is 2.55. The van der Waals surface area contributed by atoms with Crippen LogP contribution in [-0.2, 0) is 4.79 Å². The van der Waals surface area contributed by atoms with Crippen LogP contribution in [0.3, 0.4) is 0 Å². The van der Waals surface area contributed by atoms with Gasteiger partial charge in [-0.1, -0.05) is 17.7 Å². The third-order valence-corrected chi connectivity index (χ3v) is 3.85. The Morgan fingerprint density at radius 1 is 1.08 bits per heavy atom. The molecule has 0 saturated carbocycles. The van der Waals surface area contributed by atoms with Gasteiger partial charge in [0, 0.05) is 10.6 Å². The van der Waals surface area contributed by atoms with E-state index >= 15 is 0 Å². The first-order valence-corrected chi connectivity index (χ1v) is 7.77. The van der Waals surface area contributed by atoms with E-state index in [-0.39, 0.29) is 18.4 Å². The van der Waals surface area contributed by atoms with Gasteiger partial charge in [0.2, 0.25) is 5.91 Å². The molecule has 0 unspecified atom stereocenters. The van der Waals surface area contributed by atoms with Crippen LogP contribution >= 0.6 is 11.6 Å². The minimum atomic E-state index is -0.368. The maximum Gasteiger partial charge on any atom is 0.251 e. The number of ether oxygens (including phenoxy) is 1. The highest BCUT2D eigenvalue weighted by atomic mass is 35.5. The summed E-state index contributed by atoms with van der Waals surface area (Å²) >= 11 is 5.92. The van der Waals surface area contributed by atoms with E-state index in [2.05, 4.69) is 10.6 Å². The fraction of sp³-hybridized carbons (Fsp3) is 0.222. The van der Waals surface area contributed by atoms with Gasteiger partial charge in [0.1, 0.15) is 5.75 Å². The minimum absolute atomic E-state index is 0.151. The maximum absolute atomic E-state index is 12.1. The van der Waals surface area contributed by atoms with Gasteiger partial charge in [-0.3, -0.25) is 9.59 Å². The molecule has 2 aromatic rings. The number of carbonyl (C=O) groups excluding carboxylic acids is 2. The molecule has 126 valence electrons. The van der Waals surface area contributed by atoms with Crippen LogP contribution in [0, 0.1) is 13.8 Å². The summed E-state index contributed by atoms with van der Waals surface area (Å²) in [4.78, 5) is 24.1. The lowest BCUT2D eigenvalue weighted by Crippen LogP contribution is -2.33. The third kappa shape index (κ3) is 4.49. The van der Waals surface area contributed by atoms with Crippen LogP contribution in [0.1, 0.15) is 21.5 Å². The second-order valence-corrected chi connectivity index (χ2v) is 5.81. The fourth-order valence-corrected chi connectivity index (χ4v) is 2.29. The predicted molar refractivity (Wildman–Crippen MR) is 94.9 cm³/mol. The normalized spacial score (nSPS) is 10.2. The van der Waals surface area contributed by atoms with E-state index in [1.165, 1.54) is 7.11 Å². The second kappa shape index (κ2) is 7.84. The van der Waals surface area contributed by atoms with Gasteiger partial charge >= 0.3 is 0 Å². The molecule has 0 fully saturated rings. The molecule has 2 N–H and O–H groups in total. The Kier molecular flexibility index (Phi) is 5.82. The molecule has 5 nitrogen and oxygen atoms in total. The number of methoxy groups -OCH3 is 1. The van der Waals surface area contributed by atoms with E-state index in [1.807, 2.05) is 19.9 Å². The number of nitrogens with one attached hydrogen (secondary N) is 2. The number of benzene rings is 2. The van der Waals surface area contributed by atoms with Gasteiger partial charge in [-0.05, 0) is 55.3 Å². The van der Waals surface area contributed by atoms with E-state index in [9.17, 15) is 9.59 Å². The summed E-state index contributed by atoms with van der Waals surface area (Å²) in [5.74, 6) is -0.174. The number of aryl methyl sites for hydroxylation is 2. The Labute approximate surface area is 146 Å². The molecule has 24 heavy (non-hydrogen) atoms. The van der Waals surface area contributed by atoms with Crippen LogP contribution < -0.4 is 15.4 Å². The summed E-state index contributed by atoms with van der Waals surface area (Å²) in [5.41, 5.74) is 3.11. The van der Waals surface area contributed by atoms with E-state index in [1.54, 1.807) is 30.3 Å². The van der Waals surface area contributed by atoms with Crippen molar-refractivity contribution in [1.82, 2.24) is 5.32 Å². The van der Waals surface area contributed by atoms with Crippen molar-refractivity contribution < 1.29 is 14.3 Å². The summed E-state index contributed by atoms with van der Waals surface area (Å²) in [7, 11) is 1.50. The number of amides is 2. The Hall–Kier alpha value is -2.53. The van der Waals surface area contributed by atoms with Crippen LogP contribution in [0.25, 0.3) is 0 Å². The molecular formula is C18H19ClN2O3. The summed E-state index contributed by atoms with van der Waals surface area (Å²) in [6.45, 7) is 3.76. The van der Waals surface area contributed by atoms with Crippen LogP contribution in [-0.4, -0.2) is 25.5 Å². The number of hydrogen-bond acceptors (Lipinski definition) is 3. The first-order chi connectivity index (χ1) is 11.4. The highest BCUT2D eigenvalue weighted by Crippen LogP contribution is 2.27. The van der Waals surface area contributed by atoms with E-state index in [0.717, 1.165) is 11.1 Å². The zero-order valence-electron chi connectivity index (χ0n) is 13.8. The molecule has 0 saturated heterocycles. The largest absolute Gasteiger partial charge is 0.495 e. The van der Waals surface area contributed by atoms with Gasteiger partial charge in [-0.15, -0.1) is 0 Å². The Morgan fingerprint density at radius 2 is 1.83 bits per heavy atom. The number of hydrogen-bond donors (Lipinski definition) is 2. The quantitative estimate of drug-likeness (QED) is 0.872. The van der Waals surface area contributed by atoms with E-state index in [4.69, 9.17) is 16.3 Å². The number of anilines is 1. The van der Waals surface area contributed by atoms with E-state index in [0.29, 0.717) is 22.0 Å². The molecule has 0 bridgehead atoms. The molecular weight excluding hydrogens is 328 g/mol. The van der Waals surface area contributed by atoms with Crippen molar-refractivity contribution in [2.45, 2.75) is 13.8 Å². The minimum Gasteiger partial charge on any atom is -0.495 e. The third-order valence-electron chi connectivity index (χ3n) is 3.61. The Bertz CT molecular complexity index is 775. The molecule has 0 radical (unpaired) electrons. The molecule has 6 heteroatoms. The molecule has 0 aliphatic carbocycles. The van der Waals surface area contributed by atoms with Crippen LogP contribution in [0.15, 0.2) is 36.4 Å². The Balaban J connectivity index is 1.97. The number of carbonyl (C=O) groups is 2. The Morgan fingerprint density at radius 3 is 2.50 bits per heavy atom. The van der Waals surface area contributed by atoms with Gasteiger partial charge in [0.25, 0.3) is 5.91 Å². The van der Waals surface area contributed by atoms with Crippen molar-refractivity contribution >= 4 is 29.1 Å². The van der Waals surface area contributed by atoms with Crippen molar-refractivity contribution in [2.75, 3.05) is 19.0 Å². The van der Waals surface area contributed by atoms with Gasteiger partial charge < -0.3 is 15.4 Å². The summed E-state index contributed by atoms with van der Waals surface area (Å²) in [5, 5.41) is 5.74. The molecule has 0 atom stereocenters.